The van der Waals surface area contributed by atoms with Crippen LogP contribution in [0.25, 0.3) is 27.8 Å². The van der Waals surface area contributed by atoms with Crippen molar-refractivity contribution in [2.45, 2.75) is 25.2 Å². The summed E-state index contributed by atoms with van der Waals surface area (Å²) in [6, 6.07) is 47.3. The molecule has 0 spiro atoms. The van der Waals surface area contributed by atoms with Gasteiger partial charge in [0, 0.05) is 28.3 Å². The summed E-state index contributed by atoms with van der Waals surface area (Å²) in [5, 5.41) is 0. The SMILES string of the molecule is C=CCC1(/C=C/C)c2ccccc2-c2ccc3c(c21)Oc1cccc(N(c2ccc(C4=C5C=CC=CC5CC=C4)cc2)c2ccc(-c4ccccc4)cc2)c1O3. The van der Waals surface area contributed by atoms with Gasteiger partial charge in [0.1, 0.15) is 0 Å². The molecule has 0 amide bonds. The molecule has 2 atom stereocenters. The third kappa shape index (κ3) is 5.42. The number of hydrogen-bond donors (Lipinski definition) is 0. The van der Waals surface area contributed by atoms with Crippen molar-refractivity contribution < 1.29 is 9.47 Å². The van der Waals surface area contributed by atoms with Crippen LogP contribution >= 0.6 is 0 Å². The molecule has 0 fully saturated rings. The van der Waals surface area contributed by atoms with Crippen molar-refractivity contribution in [3.63, 3.8) is 0 Å². The highest BCUT2D eigenvalue weighted by Gasteiger charge is 2.45. The molecular formula is C53H41NO2. The number of para-hydroxylation sites is 1. The van der Waals surface area contributed by atoms with Crippen LogP contribution in [-0.4, -0.2) is 0 Å². The first-order chi connectivity index (χ1) is 27.7. The van der Waals surface area contributed by atoms with Crippen LogP contribution < -0.4 is 14.4 Å². The van der Waals surface area contributed by atoms with Crippen molar-refractivity contribution in [2.75, 3.05) is 4.90 Å². The van der Waals surface area contributed by atoms with E-state index in [4.69, 9.17) is 9.47 Å². The van der Waals surface area contributed by atoms with Crippen LogP contribution in [0, 0.1) is 5.92 Å². The molecule has 270 valence electrons. The van der Waals surface area contributed by atoms with Crippen LogP contribution in [0.4, 0.5) is 17.1 Å². The Labute approximate surface area is 329 Å². The van der Waals surface area contributed by atoms with Gasteiger partial charge in [-0.1, -0.05) is 146 Å². The zero-order chi connectivity index (χ0) is 37.6. The standard InChI is InChI=1S/C53H41NO2/c1-3-34-53(35-4-2)46-21-11-10-19-44(46)45-32-33-49-52(50(45)53)56-48-23-13-22-47(51(48)55-49)54(40-28-24-37(25-29-40)36-14-6-5-7-15-36)41-30-26-39(27-31-41)43-20-12-17-38-16-8-9-18-42(38)43/h3-16,18-33,35,38H,1,17,34H2,2H3/b35-4+. The number of ether oxygens (including phenoxy) is 2. The molecule has 1 aliphatic heterocycles. The van der Waals surface area contributed by atoms with Crippen molar-refractivity contribution in [2.24, 2.45) is 5.92 Å². The van der Waals surface area contributed by atoms with Crippen molar-refractivity contribution in [1.82, 2.24) is 0 Å². The largest absolute Gasteiger partial charge is 0.449 e. The number of nitrogens with zero attached hydrogens (tertiary/aromatic N) is 1. The first-order valence-corrected chi connectivity index (χ1v) is 19.5. The second-order valence-electron chi connectivity index (χ2n) is 14.8. The summed E-state index contributed by atoms with van der Waals surface area (Å²) in [7, 11) is 0. The third-order valence-electron chi connectivity index (χ3n) is 11.6. The Morgan fingerprint density at radius 3 is 2.18 bits per heavy atom. The van der Waals surface area contributed by atoms with Crippen LogP contribution in [0.1, 0.15) is 36.5 Å². The van der Waals surface area contributed by atoms with Gasteiger partial charge in [0.15, 0.2) is 23.0 Å². The molecule has 56 heavy (non-hydrogen) atoms. The Kier molecular flexibility index (Phi) is 8.30. The first kappa shape index (κ1) is 33.7. The lowest BCUT2D eigenvalue weighted by molar-refractivity contribution is 0.354. The molecule has 2 unspecified atom stereocenters. The molecule has 6 aromatic rings. The Morgan fingerprint density at radius 1 is 0.679 bits per heavy atom. The lowest BCUT2D eigenvalue weighted by Crippen LogP contribution is -2.23. The summed E-state index contributed by atoms with van der Waals surface area (Å²) in [6.45, 7) is 6.26. The normalized spacial score (nSPS) is 18.3. The molecule has 4 aliphatic rings. The van der Waals surface area contributed by atoms with E-state index < -0.39 is 5.41 Å². The van der Waals surface area contributed by atoms with Gasteiger partial charge in [-0.3, -0.25) is 0 Å². The van der Waals surface area contributed by atoms with E-state index in [2.05, 4.69) is 194 Å². The fraction of sp³-hybridized carbons (Fsp3) is 0.0943. The van der Waals surface area contributed by atoms with Gasteiger partial charge in [0.05, 0.1) is 5.69 Å². The van der Waals surface area contributed by atoms with Gasteiger partial charge in [-0.2, -0.15) is 0 Å². The van der Waals surface area contributed by atoms with Crippen LogP contribution in [0.15, 0.2) is 200 Å². The molecular weight excluding hydrogens is 683 g/mol. The number of fused-ring (bicyclic) bond motifs is 7. The number of anilines is 3. The molecule has 0 aromatic heterocycles. The van der Waals surface area contributed by atoms with Crippen LogP contribution in [0.3, 0.4) is 0 Å². The minimum atomic E-state index is -0.423. The smallest absolute Gasteiger partial charge is 0.194 e. The third-order valence-corrected chi connectivity index (χ3v) is 11.6. The number of rotatable bonds is 8. The number of hydrogen-bond acceptors (Lipinski definition) is 3. The fourth-order valence-corrected chi connectivity index (χ4v) is 9.13. The van der Waals surface area contributed by atoms with E-state index in [1.807, 2.05) is 12.1 Å². The number of benzene rings is 6. The highest BCUT2D eigenvalue weighted by atomic mass is 16.6. The molecule has 0 bridgehead atoms. The molecule has 0 saturated heterocycles. The summed E-state index contributed by atoms with van der Waals surface area (Å²) >= 11 is 0. The zero-order valence-electron chi connectivity index (χ0n) is 31.4. The van der Waals surface area contributed by atoms with Gasteiger partial charge >= 0.3 is 0 Å². The summed E-state index contributed by atoms with van der Waals surface area (Å²) in [5.41, 5.74) is 13.5. The molecule has 0 N–H and O–H groups in total. The topological polar surface area (TPSA) is 21.7 Å². The molecule has 6 aromatic carbocycles. The Bertz CT molecular complexity index is 2660. The van der Waals surface area contributed by atoms with Crippen LogP contribution in [0.2, 0.25) is 0 Å². The lowest BCUT2D eigenvalue weighted by Gasteiger charge is -2.33. The molecule has 1 heterocycles. The van der Waals surface area contributed by atoms with Crippen LogP contribution in [0.5, 0.6) is 23.0 Å². The Hall–Kier alpha value is -6.84. The van der Waals surface area contributed by atoms with Gasteiger partial charge in [0.25, 0.3) is 0 Å². The van der Waals surface area contributed by atoms with Crippen LogP contribution in [-0.2, 0) is 5.41 Å². The van der Waals surface area contributed by atoms with E-state index in [0.717, 1.165) is 52.3 Å². The van der Waals surface area contributed by atoms with Gasteiger partial charge in [-0.15, -0.1) is 6.58 Å². The maximum atomic E-state index is 7.04. The Morgan fingerprint density at radius 2 is 1.39 bits per heavy atom. The molecule has 10 rings (SSSR count). The second-order valence-corrected chi connectivity index (χ2v) is 14.8. The summed E-state index contributed by atoms with van der Waals surface area (Å²) in [5.74, 6) is 3.23. The van der Waals surface area contributed by atoms with Crippen molar-refractivity contribution in [3.05, 3.63) is 217 Å². The van der Waals surface area contributed by atoms with Gasteiger partial charge < -0.3 is 14.4 Å². The highest BCUT2D eigenvalue weighted by molar-refractivity contribution is 5.89. The lowest BCUT2D eigenvalue weighted by atomic mass is 9.74. The quantitative estimate of drug-likeness (QED) is 0.146. The van der Waals surface area contributed by atoms with Crippen molar-refractivity contribution in [1.29, 1.82) is 0 Å². The maximum absolute atomic E-state index is 7.04. The van der Waals surface area contributed by atoms with Crippen molar-refractivity contribution in [3.8, 4) is 45.3 Å². The molecule has 0 saturated carbocycles. The first-order valence-electron chi connectivity index (χ1n) is 19.5. The maximum Gasteiger partial charge on any atom is 0.194 e. The summed E-state index contributed by atoms with van der Waals surface area (Å²) in [6.07, 6.45) is 21.6. The van der Waals surface area contributed by atoms with E-state index in [1.54, 1.807) is 0 Å². The van der Waals surface area contributed by atoms with E-state index in [9.17, 15) is 0 Å². The second kappa shape index (κ2) is 13.8. The minimum absolute atomic E-state index is 0.422. The monoisotopic (exact) mass is 723 g/mol. The van der Waals surface area contributed by atoms with Gasteiger partial charge in [-0.05, 0) is 107 Å². The van der Waals surface area contributed by atoms with E-state index >= 15 is 0 Å². The average Bonchev–Trinajstić information content (AvgIpc) is 3.53. The fourth-order valence-electron chi connectivity index (χ4n) is 9.13. The molecule has 0 radical (unpaired) electrons. The summed E-state index contributed by atoms with van der Waals surface area (Å²) in [4.78, 5) is 2.28. The summed E-state index contributed by atoms with van der Waals surface area (Å²) < 4.78 is 14.1. The van der Waals surface area contributed by atoms with E-state index in [1.165, 1.54) is 33.4 Å². The minimum Gasteiger partial charge on any atom is -0.449 e. The van der Waals surface area contributed by atoms with E-state index in [-0.39, 0.29) is 0 Å². The predicted molar refractivity (Wildman–Crippen MR) is 231 cm³/mol. The van der Waals surface area contributed by atoms with E-state index in [0.29, 0.717) is 23.2 Å². The predicted octanol–water partition coefficient (Wildman–Crippen LogP) is 14.6. The molecule has 3 aliphatic carbocycles. The highest BCUT2D eigenvalue weighted by Crippen LogP contribution is 2.61. The Balaban J connectivity index is 1.09. The number of allylic oxidation sites excluding steroid dienone is 11. The molecule has 3 nitrogen and oxygen atoms in total. The van der Waals surface area contributed by atoms with Gasteiger partial charge in [-0.25, -0.2) is 0 Å². The average molecular weight is 724 g/mol. The van der Waals surface area contributed by atoms with Gasteiger partial charge in [0.2, 0.25) is 0 Å². The zero-order valence-corrected chi connectivity index (χ0v) is 31.4. The van der Waals surface area contributed by atoms with Crippen molar-refractivity contribution >= 4 is 22.6 Å². The molecule has 3 heteroatoms.